The second kappa shape index (κ2) is 5.58. The first kappa shape index (κ1) is 11.0. The van der Waals surface area contributed by atoms with Crippen molar-refractivity contribution in [2.45, 2.75) is 38.8 Å². The SMILES string of the molecule is CCCC(C)N1CCOC(CN)C1. The number of morpholine rings is 1. The highest BCUT2D eigenvalue weighted by Crippen LogP contribution is 2.11. The maximum Gasteiger partial charge on any atom is 0.0824 e. The summed E-state index contributed by atoms with van der Waals surface area (Å²) >= 11 is 0. The largest absolute Gasteiger partial charge is 0.374 e. The fourth-order valence-electron chi connectivity index (χ4n) is 1.89. The zero-order valence-corrected chi connectivity index (χ0v) is 8.83. The van der Waals surface area contributed by atoms with Crippen molar-refractivity contribution in [3.05, 3.63) is 0 Å². The molecule has 2 N–H and O–H groups in total. The minimum Gasteiger partial charge on any atom is -0.374 e. The van der Waals surface area contributed by atoms with E-state index in [0.29, 0.717) is 12.6 Å². The van der Waals surface area contributed by atoms with Gasteiger partial charge in [0.2, 0.25) is 0 Å². The van der Waals surface area contributed by atoms with Crippen molar-refractivity contribution in [3.63, 3.8) is 0 Å². The van der Waals surface area contributed by atoms with Crippen molar-refractivity contribution < 1.29 is 4.74 Å². The van der Waals surface area contributed by atoms with Crippen molar-refractivity contribution in [1.82, 2.24) is 4.90 Å². The molecule has 0 saturated carbocycles. The number of hydrogen-bond donors (Lipinski definition) is 1. The van der Waals surface area contributed by atoms with E-state index >= 15 is 0 Å². The summed E-state index contributed by atoms with van der Waals surface area (Å²) in [6.07, 6.45) is 2.79. The maximum atomic E-state index is 5.59. The molecule has 0 aromatic heterocycles. The van der Waals surface area contributed by atoms with Crippen LogP contribution in [0.3, 0.4) is 0 Å². The first-order valence-corrected chi connectivity index (χ1v) is 5.33. The minimum absolute atomic E-state index is 0.257. The number of nitrogens with two attached hydrogens (primary N) is 1. The molecule has 13 heavy (non-hydrogen) atoms. The van der Waals surface area contributed by atoms with Gasteiger partial charge in [-0.05, 0) is 13.3 Å². The van der Waals surface area contributed by atoms with E-state index in [-0.39, 0.29) is 6.10 Å². The Labute approximate surface area is 81.2 Å². The quantitative estimate of drug-likeness (QED) is 0.707. The van der Waals surface area contributed by atoms with Crippen molar-refractivity contribution in [1.29, 1.82) is 0 Å². The second-order valence-corrected chi connectivity index (χ2v) is 3.86. The van der Waals surface area contributed by atoms with E-state index in [0.717, 1.165) is 19.7 Å². The van der Waals surface area contributed by atoms with Gasteiger partial charge in [0, 0.05) is 25.7 Å². The van der Waals surface area contributed by atoms with Crippen LogP contribution in [0, 0.1) is 0 Å². The first-order chi connectivity index (χ1) is 6.27. The Bertz CT molecular complexity index is 141. The van der Waals surface area contributed by atoms with Crippen LogP contribution < -0.4 is 5.73 Å². The molecule has 1 aliphatic rings. The van der Waals surface area contributed by atoms with Gasteiger partial charge in [0.05, 0.1) is 12.7 Å². The van der Waals surface area contributed by atoms with Gasteiger partial charge in [0.1, 0.15) is 0 Å². The molecule has 0 aromatic carbocycles. The molecule has 3 nitrogen and oxygen atoms in total. The van der Waals surface area contributed by atoms with Gasteiger partial charge in [-0.15, -0.1) is 0 Å². The summed E-state index contributed by atoms with van der Waals surface area (Å²) in [5.74, 6) is 0. The third kappa shape index (κ3) is 3.25. The average Bonchev–Trinajstić information content (AvgIpc) is 2.18. The van der Waals surface area contributed by atoms with Crippen molar-refractivity contribution in [2.24, 2.45) is 5.73 Å². The molecule has 1 rings (SSSR count). The van der Waals surface area contributed by atoms with Crippen LogP contribution >= 0.6 is 0 Å². The first-order valence-electron chi connectivity index (χ1n) is 5.33. The summed E-state index contributed by atoms with van der Waals surface area (Å²) in [4.78, 5) is 2.49. The average molecular weight is 186 g/mol. The standard InChI is InChI=1S/C10H22N2O/c1-3-4-9(2)12-5-6-13-10(7-11)8-12/h9-10H,3-8,11H2,1-2H3. The molecule has 0 bridgehead atoms. The number of hydrogen-bond acceptors (Lipinski definition) is 3. The van der Waals surface area contributed by atoms with E-state index in [2.05, 4.69) is 18.7 Å². The van der Waals surface area contributed by atoms with Gasteiger partial charge in [0.15, 0.2) is 0 Å². The van der Waals surface area contributed by atoms with Crippen LogP contribution in [0.4, 0.5) is 0 Å². The Hall–Kier alpha value is -0.120. The van der Waals surface area contributed by atoms with Gasteiger partial charge in [-0.25, -0.2) is 0 Å². The van der Waals surface area contributed by atoms with Gasteiger partial charge in [-0.3, -0.25) is 4.90 Å². The van der Waals surface area contributed by atoms with Crippen LogP contribution in [0.25, 0.3) is 0 Å². The van der Waals surface area contributed by atoms with E-state index in [1.807, 2.05) is 0 Å². The normalized spacial score (nSPS) is 27.5. The van der Waals surface area contributed by atoms with Crippen LogP contribution in [-0.4, -0.2) is 43.3 Å². The van der Waals surface area contributed by atoms with Crippen molar-refractivity contribution >= 4 is 0 Å². The van der Waals surface area contributed by atoms with Gasteiger partial charge in [-0.2, -0.15) is 0 Å². The molecule has 0 radical (unpaired) electrons. The van der Waals surface area contributed by atoms with E-state index in [1.54, 1.807) is 0 Å². The lowest BCUT2D eigenvalue weighted by atomic mass is 10.1. The Balaban J connectivity index is 2.32. The molecular formula is C10H22N2O. The Kier molecular flexibility index (Phi) is 4.70. The molecule has 1 fully saturated rings. The Morgan fingerprint density at radius 2 is 2.38 bits per heavy atom. The van der Waals surface area contributed by atoms with Crippen LogP contribution in [0.5, 0.6) is 0 Å². The summed E-state index contributed by atoms with van der Waals surface area (Å²) in [5, 5.41) is 0. The van der Waals surface area contributed by atoms with Gasteiger partial charge >= 0.3 is 0 Å². The lowest BCUT2D eigenvalue weighted by Gasteiger charge is -2.36. The topological polar surface area (TPSA) is 38.5 Å². The molecule has 1 aliphatic heterocycles. The fraction of sp³-hybridized carbons (Fsp3) is 1.00. The van der Waals surface area contributed by atoms with E-state index < -0.39 is 0 Å². The molecule has 2 atom stereocenters. The number of ether oxygens (including phenoxy) is 1. The maximum absolute atomic E-state index is 5.59. The lowest BCUT2D eigenvalue weighted by Crippen LogP contribution is -2.49. The summed E-state index contributed by atoms with van der Waals surface area (Å²) in [6.45, 7) is 8.10. The highest BCUT2D eigenvalue weighted by atomic mass is 16.5. The highest BCUT2D eigenvalue weighted by Gasteiger charge is 2.22. The third-order valence-electron chi connectivity index (χ3n) is 2.76. The Morgan fingerprint density at radius 1 is 1.62 bits per heavy atom. The van der Waals surface area contributed by atoms with E-state index in [9.17, 15) is 0 Å². The molecule has 0 aromatic rings. The van der Waals surface area contributed by atoms with Gasteiger partial charge < -0.3 is 10.5 Å². The third-order valence-corrected chi connectivity index (χ3v) is 2.76. The molecular weight excluding hydrogens is 164 g/mol. The Morgan fingerprint density at radius 3 is 3.00 bits per heavy atom. The van der Waals surface area contributed by atoms with Crippen LogP contribution in [0.1, 0.15) is 26.7 Å². The lowest BCUT2D eigenvalue weighted by molar-refractivity contribution is -0.0370. The summed E-state index contributed by atoms with van der Waals surface area (Å²) in [7, 11) is 0. The molecule has 0 aliphatic carbocycles. The van der Waals surface area contributed by atoms with E-state index in [1.165, 1.54) is 12.8 Å². The molecule has 78 valence electrons. The molecule has 1 saturated heterocycles. The molecule has 0 amide bonds. The van der Waals surface area contributed by atoms with Crippen molar-refractivity contribution in [2.75, 3.05) is 26.2 Å². The van der Waals surface area contributed by atoms with Gasteiger partial charge in [-0.1, -0.05) is 13.3 Å². The zero-order chi connectivity index (χ0) is 9.68. The monoisotopic (exact) mass is 186 g/mol. The molecule has 3 heteroatoms. The summed E-state index contributed by atoms with van der Waals surface area (Å²) < 4.78 is 5.52. The van der Waals surface area contributed by atoms with Crippen molar-refractivity contribution in [3.8, 4) is 0 Å². The molecule has 2 unspecified atom stereocenters. The smallest absolute Gasteiger partial charge is 0.0824 e. The van der Waals surface area contributed by atoms with Crippen LogP contribution in [-0.2, 0) is 4.74 Å². The van der Waals surface area contributed by atoms with E-state index in [4.69, 9.17) is 10.5 Å². The van der Waals surface area contributed by atoms with Crippen LogP contribution in [0.15, 0.2) is 0 Å². The predicted molar refractivity (Wildman–Crippen MR) is 54.7 cm³/mol. The minimum atomic E-state index is 0.257. The summed E-state index contributed by atoms with van der Waals surface area (Å²) in [5.41, 5.74) is 5.59. The number of rotatable bonds is 4. The molecule has 1 heterocycles. The van der Waals surface area contributed by atoms with Gasteiger partial charge in [0.25, 0.3) is 0 Å². The number of nitrogens with zero attached hydrogens (tertiary/aromatic N) is 1. The highest BCUT2D eigenvalue weighted by molar-refractivity contribution is 4.76. The predicted octanol–water partition coefficient (Wildman–Crippen LogP) is 0.835. The zero-order valence-electron chi connectivity index (χ0n) is 8.83. The van der Waals surface area contributed by atoms with Crippen LogP contribution in [0.2, 0.25) is 0 Å². The fourth-order valence-corrected chi connectivity index (χ4v) is 1.89. The summed E-state index contributed by atoms with van der Waals surface area (Å²) in [6, 6.07) is 0.683. The second-order valence-electron chi connectivity index (χ2n) is 3.86. The molecule has 0 spiro atoms.